The summed E-state index contributed by atoms with van der Waals surface area (Å²) in [5, 5.41) is 0. The summed E-state index contributed by atoms with van der Waals surface area (Å²) in [4.78, 5) is 16.7. The van der Waals surface area contributed by atoms with Gasteiger partial charge in [-0.05, 0) is 25.6 Å². The molecule has 0 radical (unpaired) electrons. The molecule has 1 fully saturated rings. The van der Waals surface area contributed by atoms with Crippen LogP contribution in [0.3, 0.4) is 0 Å². The molecule has 0 amide bonds. The molecule has 0 spiro atoms. The molecule has 1 aliphatic heterocycles. The Labute approximate surface area is 157 Å². The van der Waals surface area contributed by atoms with Gasteiger partial charge in [0.25, 0.3) is 0 Å². The Kier molecular flexibility index (Phi) is 9.06. The van der Waals surface area contributed by atoms with Crippen molar-refractivity contribution in [2.45, 2.75) is 45.4 Å². The Morgan fingerprint density at radius 1 is 1.08 bits per heavy atom. The van der Waals surface area contributed by atoms with E-state index in [1.165, 1.54) is 31.7 Å². The molecule has 5 heteroatoms. The Hall–Kier alpha value is -1.46. The smallest absolute Gasteiger partial charge is 0.179 e. The van der Waals surface area contributed by atoms with Crippen molar-refractivity contribution >= 4 is 5.78 Å². The number of ether oxygens (including phenoxy) is 1. The first-order chi connectivity index (χ1) is 12.6. The molecule has 0 bridgehead atoms. The van der Waals surface area contributed by atoms with Gasteiger partial charge in [0, 0.05) is 32.2 Å². The summed E-state index contributed by atoms with van der Waals surface area (Å²) >= 11 is 0. The zero-order chi connectivity index (χ0) is 18.8. The van der Waals surface area contributed by atoms with Gasteiger partial charge in [-0.25, -0.2) is 4.39 Å². The lowest BCUT2D eigenvalue weighted by Gasteiger charge is -2.31. The van der Waals surface area contributed by atoms with E-state index in [9.17, 15) is 9.18 Å². The summed E-state index contributed by atoms with van der Waals surface area (Å²) in [6.07, 6.45) is 7.16. The predicted octanol–water partition coefficient (Wildman–Crippen LogP) is 4.00. The maximum Gasteiger partial charge on any atom is 0.179 e. The van der Waals surface area contributed by atoms with Crippen molar-refractivity contribution in [2.24, 2.45) is 0 Å². The second-order valence-electron chi connectivity index (χ2n) is 7.26. The molecule has 4 nitrogen and oxygen atoms in total. The molecular formula is C21H33FN2O2. The van der Waals surface area contributed by atoms with Crippen LogP contribution in [0.2, 0.25) is 0 Å². The lowest BCUT2D eigenvalue weighted by molar-refractivity contribution is 0.0872. The Bertz CT molecular complexity index is 557. The number of benzene rings is 1. The van der Waals surface area contributed by atoms with Gasteiger partial charge in [-0.3, -0.25) is 9.69 Å². The van der Waals surface area contributed by atoms with Crippen molar-refractivity contribution in [3.8, 4) is 5.75 Å². The maximum absolute atomic E-state index is 14.3. The van der Waals surface area contributed by atoms with Crippen LogP contribution in [0.4, 0.5) is 4.39 Å². The van der Waals surface area contributed by atoms with E-state index < -0.39 is 5.82 Å². The van der Waals surface area contributed by atoms with Gasteiger partial charge >= 0.3 is 0 Å². The average molecular weight is 365 g/mol. The van der Waals surface area contributed by atoms with Crippen LogP contribution in [0.1, 0.15) is 55.8 Å². The summed E-state index contributed by atoms with van der Waals surface area (Å²) in [5.41, 5.74) is 0.163. The number of hydrogen-bond acceptors (Lipinski definition) is 4. The van der Waals surface area contributed by atoms with Gasteiger partial charge in [0.15, 0.2) is 5.78 Å². The maximum atomic E-state index is 14.3. The van der Waals surface area contributed by atoms with Crippen LogP contribution in [0, 0.1) is 5.82 Å². The number of unbranched alkanes of at least 4 members (excludes halogenated alkanes) is 5. The zero-order valence-electron chi connectivity index (χ0n) is 16.3. The molecule has 0 saturated carbocycles. The Morgan fingerprint density at radius 2 is 1.77 bits per heavy atom. The van der Waals surface area contributed by atoms with Crippen LogP contribution in [-0.2, 0) is 0 Å². The molecule has 1 saturated heterocycles. The Morgan fingerprint density at radius 3 is 2.46 bits per heavy atom. The second kappa shape index (κ2) is 11.3. The van der Waals surface area contributed by atoms with Crippen LogP contribution in [0.15, 0.2) is 18.2 Å². The lowest BCUT2D eigenvalue weighted by Crippen LogP contribution is -2.46. The van der Waals surface area contributed by atoms with Crippen molar-refractivity contribution in [2.75, 3.05) is 46.4 Å². The lowest BCUT2D eigenvalue weighted by atomic mass is 10.1. The molecule has 0 aromatic heterocycles. The number of Topliss-reactive ketones (excluding diaryl/α,β-unsaturated/α-hetero) is 1. The predicted molar refractivity (Wildman–Crippen MR) is 104 cm³/mol. The largest absolute Gasteiger partial charge is 0.493 e. The van der Waals surface area contributed by atoms with Gasteiger partial charge in [-0.2, -0.15) is 0 Å². The van der Waals surface area contributed by atoms with Crippen LogP contribution >= 0.6 is 0 Å². The first-order valence-electron chi connectivity index (χ1n) is 9.96. The number of halogens is 1. The van der Waals surface area contributed by atoms with Gasteiger partial charge in [0.1, 0.15) is 11.6 Å². The van der Waals surface area contributed by atoms with Gasteiger partial charge < -0.3 is 9.64 Å². The fraction of sp³-hybridized carbons (Fsp3) is 0.667. The number of carbonyl (C=O) groups is 1. The highest BCUT2D eigenvalue weighted by molar-refractivity contribution is 5.98. The summed E-state index contributed by atoms with van der Waals surface area (Å²) in [5.74, 6) is -0.133. The number of likely N-dealkylation sites (N-methyl/N-ethyl adjacent to an activating group) is 1. The van der Waals surface area contributed by atoms with E-state index in [2.05, 4.69) is 23.8 Å². The van der Waals surface area contributed by atoms with E-state index >= 15 is 0 Å². The fourth-order valence-corrected chi connectivity index (χ4v) is 3.18. The van der Waals surface area contributed by atoms with E-state index in [4.69, 9.17) is 4.74 Å². The van der Waals surface area contributed by atoms with Crippen molar-refractivity contribution < 1.29 is 13.9 Å². The van der Waals surface area contributed by atoms with Gasteiger partial charge in [-0.15, -0.1) is 0 Å². The molecular weight excluding hydrogens is 331 g/mol. The third-order valence-electron chi connectivity index (χ3n) is 4.97. The molecule has 0 aliphatic carbocycles. The minimum Gasteiger partial charge on any atom is -0.493 e. The number of ketones is 1. The zero-order valence-corrected chi connectivity index (χ0v) is 16.3. The summed E-state index contributed by atoms with van der Waals surface area (Å²) in [7, 11) is 2.07. The molecule has 0 N–H and O–H groups in total. The molecule has 0 atom stereocenters. The van der Waals surface area contributed by atoms with Gasteiger partial charge in [0.05, 0.1) is 18.7 Å². The van der Waals surface area contributed by atoms with E-state index in [-0.39, 0.29) is 17.9 Å². The highest BCUT2D eigenvalue weighted by Crippen LogP contribution is 2.18. The molecule has 1 heterocycles. The van der Waals surface area contributed by atoms with E-state index in [0.717, 1.165) is 39.0 Å². The minimum absolute atomic E-state index is 0.158. The third kappa shape index (κ3) is 7.04. The molecule has 1 aromatic rings. The number of hydrogen-bond donors (Lipinski definition) is 0. The fourth-order valence-electron chi connectivity index (χ4n) is 3.18. The highest BCUT2D eigenvalue weighted by atomic mass is 19.1. The minimum atomic E-state index is -0.482. The van der Waals surface area contributed by atoms with Gasteiger partial charge in [0.2, 0.25) is 0 Å². The van der Waals surface area contributed by atoms with Crippen molar-refractivity contribution in [1.29, 1.82) is 0 Å². The number of nitrogens with zero attached hydrogens (tertiary/aromatic N) is 2. The van der Waals surface area contributed by atoms with E-state index in [0.29, 0.717) is 12.4 Å². The van der Waals surface area contributed by atoms with E-state index in [1.54, 1.807) is 12.1 Å². The molecule has 2 rings (SSSR count). The highest BCUT2D eigenvalue weighted by Gasteiger charge is 2.19. The van der Waals surface area contributed by atoms with Crippen LogP contribution in [0.5, 0.6) is 5.75 Å². The monoisotopic (exact) mass is 364 g/mol. The molecule has 1 aromatic carbocycles. The second-order valence-corrected chi connectivity index (χ2v) is 7.26. The third-order valence-corrected chi connectivity index (χ3v) is 4.97. The first-order valence-corrected chi connectivity index (χ1v) is 9.96. The molecule has 1 aliphatic rings. The van der Waals surface area contributed by atoms with Crippen molar-refractivity contribution in [1.82, 2.24) is 9.80 Å². The van der Waals surface area contributed by atoms with E-state index in [1.807, 2.05) is 0 Å². The number of carbonyl (C=O) groups excluding carboxylic acids is 1. The van der Waals surface area contributed by atoms with Crippen LogP contribution < -0.4 is 4.74 Å². The van der Waals surface area contributed by atoms with Crippen LogP contribution in [0.25, 0.3) is 0 Å². The normalized spacial score (nSPS) is 16.0. The standard InChI is InChI=1S/C21H33FN2O2/c1-3-4-5-6-7-8-15-26-18-9-10-19(20(22)16-18)21(25)17-24-13-11-23(2)12-14-24/h9-10,16H,3-8,11-15,17H2,1-2H3. The summed E-state index contributed by atoms with van der Waals surface area (Å²) in [6, 6.07) is 4.61. The first kappa shape index (κ1) is 20.8. The molecule has 26 heavy (non-hydrogen) atoms. The van der Waals surface area contributed by atoms with Gasteiger partial charge in [-0.1, -0.05) is 39.0 Å². The Balaban J connectivity index is 1.74. The SMILES string of the molecule is CCCCCCCCOc1ccc(C(=O)CN2CCN(C)CC2)c(F)c1. The topological polar surface area (TPSA) is 32.8 Å². The van der Waals surface area contributed by atoms with Crippen LogP contribution in [-0.4, -0.2) is 62.0 Å². The molecule has 0 unspecified atom stereocenters. The summed E-state index contributed by atoms with van der Waals surface area (Å²) < 4.78 is 19.9. The summed E-state index contributed by atoms with van der Waals surface area (Å²) in [6.45, 7) is 6.68. The number of rotatable bonds is 11. The van der Waals surface area contributed by atoms with Crippen molar-refractivity contribution in [3.63, 3.8) is 0 Å². The average Bonchev–Trinajstić information content (AvgIpc) is 2.63. The number of piperazine rings is 1. The molecule has 146 valence electrons. The quantitative estimate of drug-likeness (QED) is 0.439. The van der Waals surface area contributed by atoms with Crippen molar-refractivity contribution in [3.05, 3.63) is 29.6 Å².